The van der Waals surface area contributed by atoms with Gasteiger partial charge in [0.2, 0.25) is 0 Å². The maximum atomic E-state index is 3.87. The van der Waals surface area contributed by atoms with Crippen LogP contribution in [0.5, 0.6) is 0 Å². The molecule has 0 radical (unpaired) electrons. The van der Waals surface area contributed by atoms with Gasteiger partial charge in [0.25, 0.3) is 0 Å². The summed E-state index contributed by atoms with van der Waals surface area (Å²) in [6, 6.07) is 34.4. The number of aryl methyl sites for hydroxylation is 1. The second kappa shape index (κ2) is 8.33. The van der Waals surface area contributed by atoms with Gasteiger partial charge in [-0.25, -0.2) is 0 Å². The van der Waals surface area contributed by atoms with Crippen LogP contribution in [0.1, 0.15) is 81.3 Å². The summed E-state index contributed by atoms with van der Waals surface area (Å²) in [5, 5.41) is 6.62. The maximum Gasteiger partial charge on any atom is 0.0594 e. The Morgan fingerprint density at radius 1 is 0.650 bits per heavy atom. The average Bonchev–Trinajstić information content (AvgIpc) is 3.18. The van der Waals surface area contributed by atoms with Crippen LogP contribution in [0.15, 0.2) is 91.0 Å². The average molecular weight is 522 g/mol. The fourth-order valence-electron chi connectivity index (χ4n) is 7.67. The Bertz CT molecular complexity index is 1810. The van der Waals surface area contributed by atoms with E-state index < -0.39 is 0 Å². The number of hydrogen-bond acceptors (Lipinski definition) is 1. The van der Waals surface area contributed by atoms with E-state index in [2.05, 4.69) is 145 Å². The summed E-state index contributed by atoms with van der Waals surface area (Å²) in [7, 11) is 0. The summed E-state index contributed by atoms with van der Waals surface area (Å²) in [6.07, 6.45) is 0.996. The van der Waals surface area contributed by atoms with Crippen LogP contribution in [0.4, 0.5) is 5.69 Å². The molecular formula is C39H39N. The molecule has 200 valence electrons. The third-order valence-electron chi connectivity index (χ3n) is 10.1. The largest absolute Gasteiger partial charge is 0.376 e. The lowest BCUT2D eigenvalue weighted by Gasteiger charge is -2.39. The number of nitrogens with one attached hydrogen (secondary N) is 1. The Balaban J connectivity index is 1.41. The van der Waals surface area contributed by atoms with Gasteiger partial charge in [-0.3, -0.25) is 0 Å². The molecule has 1 unspecified atom stereocenters. The van der Waals surface area contributed by atoms with Crippen molar-refractivity contribution in [2.45, 2.75) is 71.3 Å². The van der Waals surface area contributed by atoms with E-state index in [0.29, 0.717) is 0 Å². The highest BCUT2D eigenvalue weighted by molar-refractivity contribution is 6.04. The standard InChI is InChI=1S/C39H39N/c1-8-39(7,40-27-18-15-24(2)16-19-27)26-17-20-28-30-21-22-31-29-13-9-11-25-12-10-14-32(34(25)29)37(3,4)36(31)35(30)38(5,6)33(28)23-26/h9-23,40H,8H2,1-7H3. The lowest BCUT2D eigenvalue weighted by atomic mass is 9.63. The van der Waals surface area contributed by atoms with E-state index in [9.17, 15) is 0 Å². The van der Waals surface area contributed by atoms with Gasteiger partial charge in [0, 0.05) is 16.5 Å². The normalized spacial score (nSPS) is 17.1. The smallest absolute Gasteiger partial charge is 0.0594 e. The molecule has 0 saturated carbocycles. The molecule has 2 aliphatic carbocycles. The number of rotatable bonds is 4. The molecule has 5 aromatic carbocycles. The lowest BCUT2D eigenvalue weighted by molar-refractivity contribution is 0.520. The molecule has 0 amide bonds. The van der Waals surface area contributed by atoms with Crippen LogP contribution in [0.3, 0.4) is 0 Å². The van der Waals surface area contributed by atoms with E-state index in [4.69, 9.17) is 0 Å². The van der Waals surface area contributed by atoms with Crippen molar-refractivity contribution in [2.75, 3.05) is 5.32 Å². The van der Waals surface area contributed by atoms with E-state index in [1.807, 2.05) is 0 Å². The van der Waals surface area contributed by atoms with Crippen molar-refractivity contribution in [3.63, 3.8) is 0 Å². The highest BCUT2D eigenvalue weighted by Crippen LogP contribution is 2.58. The number of anilines is 1. The molecule has 0 bridgehead atoms. The summed E-state index contributed by atoms with van der Waals surface area (Å²) in [5.74, 6) is 0. The number of hydrogen-bond donors (Lipinski definition) is 1. The van der Waals surface area contributed by atoms with Crippen LogP contribution < -0.4 is 5.32 Å². The monoisotopic (exact) mass is 521 g/mol. The third-order valence-corrected chi connectivity index (χ3v) is 10.1. The molecule has 0 aliphatic heterocycles. The summed E-state index contributed by atoms with van der Waals surface area (Å²) < 4.78 is 0. The fraction of sp³-hybridized carbons (Fsp3) is 0.282. The Morgan fingerprint density at radius 3 is 1.93 bits per heavy atom. The molecule has 1 N–H and O–H groups in total. The van der Waals surface area contributed by atoms with E-state index >= 15 is 0 Å². The summed E-state index contributed by atoms with van der Waals surface area (Å²) in [6.45, 7) is 16.5. The van der Waals surface area contributed by atoms with Crippen LogP contribution in [0.25, 0.3) is 33.0 Å². The predicted octanol–water partition coefficient (Wildman–Crippen LogP) is 10.5. The topological polar surface area (TPSA) is 12.0 Å². The molecule has 40 heavy (non-hydrogen) atoms. The zero-order valence-corrected chi connectivity index (χ0v) is 24.9. The molecule has 0 saturated heterocycles. The second-order valence-corrected chi connectivity index (χ2v) is 13.3. The first kappa shape index (κ1) is 25.1. The van der Waals surface area contributed by atoms with E-state index in [1.54, 1.807) is 0 Å². The Morgan fingerprint density at radius 2 is 1.25 bits per heavy atom. The van der Waals surface area contributed by atoms with E-state index in [1.165, 1.54) is 72.1 Å². The van der Waals surface area contributed by atoms with Crippen LogP contribution in [-0.4, -0.2) is 0 Å². The molecule has 0 heterocycles. The molecule has 1 heteroatoms. The van der Waals surface area contributed by atoms with Crippen LogP contribution in [0.2, 0.25) is 0 Å². The molecule has 0 fully saturated rings. The number of fused-ring (bicyclic) bond motifs is 6. The summed E-state index contributed by atoms with van der Waals surface area (Å²) in [5.41, 5.74) is 14.8. The van der Waals surface area contributed by atoms with Gasteiger partial charge < -0.3 is 5.32 Å². The zero-order chi connectivity index (χ0) is 28.0. The van der Waals surface area contributed by atoms with E-state index in [-0.39, 0.29) is 16.4 Å². The molecule has 7 rings (SSSR count). The van der Waals surface area contributed by atoms with Crippen molar-refractivity contribution in [3.8, 4) is 22.3 Å². The Labute approximate surface area is 239 Å². The van der Waals surface area contributed by atoms with Crippen molar-refractivity contribution in [1.29, 1.82) is 0 Å². The summed E-state index contributed by atoms with van der Waals surface area (Å²) >= 11 is 0. The third kappa shape index (κ3) is 3.33. The molecule has 2 aliphatic rings. The molecule has 1 nitrogen and oxygen atoms in total. The lowest BCUT2D eigenvalue weighted by Crippen LogP contribution is -2.32. The molecule has 0 aromatic heterocycles. The molecule has 1 atom stereocenters. The van der Waals surface area contributed by atoms with Crippen molar-refractivity contribution in [2.24, 2.45) is 0 Å². The van der Waals surface area contributed by atoms with Gasteiger partial charge in [-0.2, -0.15) is 0 Å². The van der Waals surface area contributed by atoms with Gasteiger partial charge in [0.15, 0.2) is 0 Å². The first-order valence-corrected chi connectivity index (χ1v) is 14.8. The Hall–Kier alpha value is -3.84. The highest BCUT2D eigenvalue weighted by atomic mass is 15.0. The van der Waals surface area contributed by atoms with Crippen molar-refractivity contribution in [3.05, 3.63) is 124 Å². The van der Waals surface area contributed by atoms with Gasteiger partial charge in [0.05, 0.1) is 5.54 Å². The summed E-state index contributed by atoms with van der Waals surface area (Å²) in [4.78, 5) is 0. The zero-order valence-electron chi connectivity index (χ0n) is 24.9. The van der Waals surface area contributed by atoms with Gasteiger partial charge in [-0.15, -0.1) is 0 Å². The first-order valence-electron chi connectivity index (χ1n) is 14.8. The van der Waals surface area contributed by atoms with Crippen molar-refractivity contribution < 1.29 is 0 Å². The van der Waals surface area contributed by atoms with Crippen molar-refractivity contribution >= 4 is 16.5 Å². The van der Waals surface area contributed by atoms with E-state index in [0.717, 1.165) is 6.42 Å². The van der Waals surface area contributed by atoms with Crippen LogP contribution >= 0.6 is 0 Å². The van der Waals surface area contributed by atoms with Crippen LogP contribution in [-0.2, 0) is 16.4 Å². The minimum atomic E-state index is -0.164. The second-order valence-electron chi connectivity index (χ2n) is 13.3. The Kier molecular flexibility index (Phi) is 5.24. The van der Waals surface area contributed by atoms with Crippen LogP contribution in [0, 0.1) is 6.92 Å². The first-order chi connectivity index (χ1) is 19.1. The van der Waals surface area contributed by atoms with Gasteiger partial charge in [0.1, 0.15) is 0 Å². The van der Waals surface area contributed by atoms with Crippen molar-refractivity contribution in [1.82, 2.24) is 0 Å². The maximum absolute atomic E-state index is 3.87. The molecule has 5 aromatic rings. The number of benzene rings is 5. The minimum absolute atomic E-state index is 0.0956. The quantitative estimate of drug-likeness (QED) is 0.248. The minimum Gasteiger partial charge on any atom is -0.376 e. The van der Waals surface area contributed by atoms with Gasteiger partial charge in [-0.05, 0) is 93.2 Å². The van der Waals surface area contributed by atoms with Gasteiger partial charge in [-0.1, -0.05) is 119 Å². The highest BCUT2D eigenvalue weighted by Gasteiger charge is 2.45. The molecular weight excluding hydrogens is 482 g/mol. The SMILES string of the molecule is CCC(C)(Nc1ccc(C)cc1)c1ccc2c(c1)C(C)(C)c1c-2ccc2c1C(C)(C)c1cccc3cccc-2c13. The fourth-order valence-corrected chi connectivity index (χ4v) is 7.67. The predicted molar refractivity (Wildman–Crippen MR) is 172 cm³/mol. The van der Waals surface area contributed by atoms with Gasteiger partial charge >= 0.3 is 0 Å². The molecule has 0 spiro atoms.